The Morgan fingerprint density at radius 1 is 1.33 bits per heavy atom. The van der Waals surface area contributed by atoms with Crippen LogP contribution in [0.4, 0.5) is 0 Å². The van der Waals surface area contributed by atoms with Crippen molar-refractivity contribution in [1.82, 2.24) is 4.98 Å². The van der Waals surface area contributed by atoms with Crippen molar-refractivity contribution in [1.29, 1.82) is 0 Å². The van der Waals surface area contributed by atoms with E-state index in [1.807, 2.05) is 18.2 Å². The molecule has 2 aromatic heterocycles. The van der Waals surface area contributed by atoms with Crippen molar-refractivity contribution in [2.45, 2.75) is 32.6 Å². The van der Waals surface area contributed by atoms with Gasteiger partial charge in [0.05, 0.1) is 18.7 Å². The van der Waals surface area contributed by atoms with Crippen LogP contribution < -0.4 is 4.74 Å². The molecule has 0 saturated heterocycles. The van der Waals surface area contributed by atoms with Gasteiger partial charge in [-0.25, -0.2) is 4.98 Å². The van der Waals surface area contributed by atoms with Crippen molar-refractivity contribution < 1.29 is 19.1 Å². The molecule has 0 amide bonds. The monoisotopic (exact) mass is 345 g/mol. The van der Waals surface area contributed by atoms with Crippen molar-refractivity contribution in [3.63, 3.8) is 0 Å². The summed E-state index contributed by atoms with van der Waals surface area (Å²) in [7, 11) is 0. The van der Waals surface area contributed by atoms with Gasteiger partial charge in [0.25, 0.3) is 0 Å². The van der Waals surface area contributed by atoms with Gasteiger partial charge in [-0.05, 0) is 24.3 Å². The van der Waals surface area contributed by atoms with E-state index in [1.54, 1.807) is 17.4 Å². The van der Waals surface area contributed by atoms with Crippen molar-refractivity contribution in [3.8, 4) is 16.5 Å². The van der Waals surface area contributed by atoms with Crippen LogP contribution >= 0.6 is 11.3 Å². The molecular formula is C18H19NO4S. The molecule has 0 aliphatic rings. The van der Waals surface area contributed by atoms with Crippen LogP contribution in [0.2, 0.25) is 0 Å². The number of carbonyl (C=O) groups is 1. The van der Waals surface area contributed by atoms with Gasteiger partial charge in [0, 0.05) is 16.2 Å². The molecule has 3 aromatic rings. The Labute approximate surface area is 143 Å². The molecule has 0 spiro atoms. The summed E-state index contributed by atoms with van der Waals surface area (Å²) in [5.41, 5.74) is 1.80. The maximum absolute atomic E-state index is 10.5. The summed E-state index contributed by atoms with van der Waals surface area (Å²) in [5, 5.41) is 12.5. The normalized spacial score (nSPS) is 11.8. The second-order valence-corrected chi connectivity index (χ2v) is 7.45. The Hall–Kier alpha value is -2.34. The molecule has 1 aromatic carbocycles. The fourth-order valence-electron chi connectivity index (χ4n) is 2.20. The first-order valence-corrected chi connectivity index (χ1v) is 8.55. The van der Waals surface area contributed by atoms with Crippen LogP contribution in [-0.2, 0) is 10.2 Å². The van der Waals surface area contributed by atoms with E-state index in [4.69, 9.17) is 14.3 Å². The Kier molecular flexibility index (Phi) is 4.32. The number of benzene rings is 1. The molecule has 0 saturated carbocycles. The van der Waals surface area contributed by atoms with Crippen LogP contribution in [0, 0.1) is 0 Å². The molecule has 0 unspecified atom stereocenters. The summed E-state index contributed by atoms with van der Waals surface area (Å²) < 4.78 is 11.3. The lowest BCUT2D eigenvalue weighted by Gasteiger charge is -2.13. The molecule has 2 heterocycles. The van der Waals surface area contributed by atoms with E-state index >= 15 is 0 Å². The summed E-state index contributed by atoms with van der Waals surface area (Å²) in [6.45, 7) is 6.54. The lowest BCUT2D eigenvalue weighted by molar-refractivity contribution is -0.137. The largest absolute Gasteiger partial charge is 0.493 e. The molecule has 0 bridgehead atoms. The highest BCUT2D eigenvalue weighted by atomic mass is 32.1. The van der Waals surface area contributed by atoms with Crippen molar-refractivity contribution in [2.24, 2.45) is 0 Å². The third-order valence-electron chi connectivity index (χ3n) is 3.56. The summed E-state index contributed by atoms with van der Waals surface area (Å²) in [4.78, 5) is 15.2. The SMILES string of the molecule is CC(C)(C)c1csc(-c2cc3cc(OCCC(=O)O)ccc3o2)n1. The van der Waals surface area contributed by atoms with Gasteiger partial charge >= 0.3 is 5.97 Å². The fraction of sp³-hybridized carbons (Fsp3) is 0.333. The summed E-state index contributed by atoms with van der Waals surface area (Å²) in [6.07, 6.45) is -0.0244. The van der Waals surface area contributed by atoms with E-state index < -0.39 is 5.97 Å². The first-order valence-electron chi connectivity index (χ1n) is 7.67. The van der Waals surface area contributed by atoms with Gasteiger partial charge in [-0.3, -0.25) is 4.79 Å². The molecule has 0 fully saturated rings. The maximum Gasteiger partial charge on any atom is 0.306 e. The third-order valence-corrected chi connectivity index (χ3v) is 4.41. The van der Waals surface area contributed by atoms with Gasteiger partial charge < -0.3 is 14.3 Å². The molecular weight excluding hydrogens is 326 g/mol. The predicted octanol–water partition coefficient (Wildman–Crippen LogP) is 4.71. The van der Waals surface area contributed by atoms with E-state index in [9.17, 15) is 4.79 Å². The van der Waals surface area contributed by atoms with Gasteiger partial charge in [0.1, 0.15) is 11.3 Å². The lowest BCUT2D eigenvalue weighted by atomic mass is 9.93. The highest BCUT2D eigenvalue weighted by Gasteiger charge is 2.19. The molecule has 0 aliphatic heterocycles. The first kappa shape index (κ1) is 16.5. The van der Waals surface area contributed by atoms with E-state index in [0.717, 1.165) is 27.4 Å². The number of carboxylic acids is 1. The number of ether oxygens (including phenoxy) is 1. The summed E-state index contributed by atoms with van der Waals surface area (Å²) in [6, 6.07) is 7.39. The molecule has 0 atom stereocenters. The van der Waals surface area contributed by atoms with Crippen LogP contribution in [-0.4, -0.2) is 22.7 Å². The van der Waals surface area contributed by atoms with Crippen LogP contribution in [0.3, 0.4) is 0 Å². The third kappa shape index (κ3) is 3.59. The molecule has 1 N–H and O–H groups in total. The minimum atomic E-state index is -0.875. The molecule has 5 nitrogen and oxygen atoms in total. The van der Waals surface area contributed by atoms with Crippen LogP contribution in [0.25, 0.3) is 21.7 Å². The van der Waals surface area contributed by atoms with Crippen LogP contribution in [0.1, 0.15) is 32.9 Å². The van der Waals surface area contributed by atoms with Gasteiger partial charge in [-0.2, -0.15) is 0 Å². The number of rotatable bonds is 5. The Balaban J connectivity index is 1.83. The van der Waals surface area contributed by atoms with Crippen molar-refractivity contribution in [2.75, 3.05) is 6.61 Å². The highest BCUT2D eigenvalue weighted by molar-refractivity contribution is 7.13. The zero-order chi connectivity index (χ0) is 17.3. The molecule has 0 aliphatic carbocycles. The summed E-state index contributed by atoms with van der Waals surface area (Å²) in [5.74, 6) is 0.485. The Morgan fingerprint density at radius 2 is 2.12 bits per heavy atom. The highest BCUT2D eigenvalue weighted by Crippen LogP contribution is 2.34. The average molecular weight is 345 g/mol. The topological polar surface area (TPSA) is 72.6 Å². The number of nitrogens with zero attached hydrogens (tertiary/aromatic N) is 1. The number of fused-ring (bicyclic) bond motifs is 1. The number of aromatic nitrogens is 1. The first-order chi connectivity index (χ1) is 11.3. The molecule has 6 heteroatoms. The van der Waals surface area contributed by atoms with Crippen LogP contribution in [0.5, 0.6) is 5.75 Å². The minimum absolute atomic E-state index is 0.00587. The zero-order valence-corrected chi connectivity index (χ0v) is 14.6. The number of hydrogen-bond acceptors (Lipinski definition) is 5. The second-order valence-electron chi connectivity index (χ2n) is 6.59. The van der Waals surface area contributed by atoms with Gasteiger partial charge in [-0.1, -0.05) is 20.8 Å². The Bertz CT molecular complexity index is 873. The van der Waals surface area contributed by atoms with Gasteiger partial charge in [0.15, 0.2) is 10.8 Å². The zero-order valence-electron chi connectivity index (χ0n) is 13.8. The predicted molar refractivity (Wildman–Crippen MR) is 93.8 cm³/mol. The quantitative estimate of drug-likeness (QED) is 0.725. The Morgan fingerprint density at radius 3 is 2.79 bits per heavy atom. The maximum atomic E-state index is 10.5. The molecule has 24 heavy (non-hydrogen) atoms. The molecule has 3 rings (SSSR count). The number of carboxylic acid groups (broad SMARTS) is 1. The van der Waals surface area contributed by atoms with E-state index in [1.165, 1.54) is 0 Å². The van der Waals surface area contributed by atoms with Gasteiger partial charge in [-0.15, -0.1) is 11.3 Å². The van der Waals surface area contributed by atoms with Gasteiger partial charge in [0.2, 0.25) is 0 Å². The van der Waals surface area contributed by atoms with Crippen molar-refractivity contribution in [3.05, 3.63) is 35.3 Å². The average Bonchev–Trinajstić information content (AvgIpc) is 3.12. The molecule has 126 valence electrons. The van der Waals surface area contributed by atoms with E-state index in [0.29, 0.717) is 5.75 Å². The number of hydrogen-bond donors (Lipinski definition) is 1. The lowest BCUT2D eigenvalue weighted by Crippen LogP contribution is -2.11. The van der Waals surface area contributed by atoms with E-state index in [2.05, 4.69) is 31.1 Å². The number of aliphatic carboxylic acids is 1. The van der Waals surface area contributed by atoms with Crippen molar-refractivity contribution >= 4 is 28.3 Å². The van der Waals surface area contributed by atoms with Crippen LogP contribution in [0.15, 0.2) is 34.1 Å². The second kappa shape index (κ2) is 6.28. The summed E-state index contributed by atoms with van der Waals surface area (Å²) >= 11 is 1.56. The smallest absolute Gasteiger partial charge is 0.306 e. The fourth-order valence-corrected chi connectivity index (χ4v) is 3.20. The molecule has 0 radical (unpaired) electrons. The number of thiazole rings is 1. The standard InChI is InChI=1S/C18H19NO4S/c1-18(2,3)15-10-24-17(19-15)14-9-11-8-12(4-5-13(11)23-14)22-7-6-16(20)21/h4-5,8-10H,6-7H2,1-3H3,(H,20,21). The number of furan rings is 1. The van der Waals surface area contributed by atoms with E-state index in [-0.39, 0.29) is 18.4 Å². The minimum Gasteiger partial charge on any atom is -0.493 e.